The summed E-state index contributed by atoms with van der Waals surface area (Å²) in [5.74, 6) is -0.724. The second-order valence-electron chi connectivity index (χ2n) is 5.82. The zero-order valence-corrected chi connectivity index (χ0v) is 15.4. The molecule has 1 amide bonds. The standard InChI is InChI=1S/C20H19NO4S/c1-3-25-20(24)17-16-14(11-13-7-5-4-6-8-13)9-10-15(23)18(16)26-19(17)21-12(2)22/h4-10,23H,3,11H2,1-2H3,(H,21,22). The smallest absolute Gasteiger partial charge is 0.341 e. The van der Waals surface area contributed by atoms with Gasteiger partial charge in [-0.25, -0.2) is 4.79 Å². The fourth-order valence-electron chi connectivity index (χ4n) is 2.87. The zero-order chi connectivity index (χ0) is 18.7. The van der Waals surface area contributed by atoms with Gasteiger partial charge >= 0.3 is 5.97 Å². The van der Waals surface area contributed by atoms with E-state index in [1.807, 2.05) is 30.3 Å². The molecule has 3 rings (SSSR count). The first kappa shape index (κ1) is 17.9. The highest BCUT2D eigenvalue weighted by molar-refractivity contribution is 7.24. The number of phenolic OH excluding ortho intramolecular Hbond substituents is 1. The highest BCUT2D eigenvalue weighted by Gasteiger charge is 2.25. The van der Waals surface area contributed by atoms with Crippen molar-refractivity contribution in [1.29, 1.82) is 0 Å². The molecule has 134 valence electrons. The van der Waals surface area contributed by atoms with Gasteiger partial charge in [-0.1, -0.05) is 36.4 Å². The normalized spacial score (nSPS) is 10.7. The molecule has 0 fully saturated rings. The number of hydrogen-bond donors (Lipinski definition) is 2. The van der Waals surface area contributed by atoms with Crippen molar-refractivity contribution < 1.29 is 19.4 Å². The molecule has 0 aliphatic rings. The molecular formula is C20H19NO4S. The van der Waals surface area contributed by atoms with Crippen molar-refractivity contribution in [2.24, 2.45) is 0 Å². The Balaban J connectivity index is 2.22. The molecule has 1 aromatic heterocycles. The van der Waals surface area contributed by atoms with Crippen LogP contribution in [-0.2, 0) is 16.0 Å². The van der Waals surface area contributed by atoms with E-state index in [2.05, 4.69) is 5.32 Å². The lowest BCUT2D eigenvalue weighted by Gasteiger charge is -2.09. The van der Waals surface area contributed by atoms with E-state index in [-0.39, 0.29) is 18.3 Å². The third-order valence-electron chi connectivity index (χ3n) is 3.91. The number of phenols is 1. The molecule has 2 N–H and O–H groups in total. The molecule has 0 radical (unpaired) electrons. The van der Waals surface area contributed by atoms with Crippen LogP contribution in [0.2, 0.25) is 0 Å². The van der Waals surface area contributed by atoms with Crippen LogP contribution in [0.25, 0.3) is 10.1 Å². The van der Waals surface area contributed by atoms with Crippen LogP contribution >= 0.6 is 11.3 Å². The van der Waals surface area contributed by atoms with E-state index in [9.17, 15) is 14.7 Å². The summed E-state index contributed by atoms with van der Waals surface area (Å²) < 4.78 is 5.76. The van der Waals surface area contributed by atoms with Gasteiger partial charge < -0.3 is 15.2 Å². The van der Waals surface area contributed by atoms with E-state index < -0.39 is 5.97 Å². The van der Waals surface area contributed by atoms with Gasteiger partial charge in [-0.2, -0.15) is 0 Å². The molecule has 0 spiro atoms. The fourth-order valence-corrected chi connectivity index (χ4v) is 4.06. The summed E-state index contributed by atoms with van der Waals surface area (Å²) in [5.41, 5.74) is 2.27. The van der Waals surface area contributed by atoms with Gasteiger partial charge in [0.2, 0.25) is 5.91 Å². The Kier molecular flexibility index (Phi) is 5.23. The van der Waals surface area contributed by atoms with Crippen molar-refractivity contribution in [3.63, 3.8) is 0 Å². The first-order valence-electron chi connectivity index (χ1n) is 8.27. The van der Waals surface area contributed by atoms with E-state index in [0.29, 0.717) is 27.1 Å². The number of carbonyl (C=O) groups excluding carboxylic acids is 2. The zero-order valence-electron chi connectivity index (χ0n) is 14.5. The third kappa shape index (κ3) is 3.55. The van der Waals surface area contributed by atoms with Crippen LogP contribution in [0.5, 0.6) is 5.75 Å². The number of carbonyl (C=O) groups is 2. The largest absolute Gasteiger partial charge is 0.506 e. The molecule has 3 aromatic rings. The lowest BCUT2D eigenvalue weighted by molar-refractivity contribution is -0.114. The van der Waals surface area contributed by atoms with Crippen molar-refractivity contribution in [1.82, 2.24) is 0 Å². The highest BCUT2D eigenvalue weighted by Crippen LogP contribution is 2.43. The minimum atomic E-state index is -0.512. The molecule has 2 aromatic carbocycles. The van der Waals surface area contributed by atoms with Gasteiger partial charge in [0.1, 0.15) is 16.3 Å². The number of amides is 1. The van der Waals surface area contributed by atoms with Gasteiger partial charge in [-0.3, -0.25) is 4.79 Å². The Hall–Kier alpha value is -2.86. The number of nitrogens with one attached hydrogen (secondary N) is 1. The number of anilines is 1. The van der Waals surface area contributed by atoms with Gasteiger partial charge in [0, 0.05) is 12.3 Å². The van der Waals surface area contributed by atoms with Gasteiger partial charge in [0.05, 0.1) is 11.3 Å². The Morgan fingerprint density at radius 1 is 1.15 bits per heavy atom. The lowest BCUT2D eigenvalue weighted by Crippen LogP contribution is -2.11. The second kappa shape index (κ2) is 7.58. The van der Waals surface area contributed by atoms with Crippen LogP contribution in [0.15, 0.2) is 42.5 Å². The van der Waals surface area contributed by atoms with E-state index >= 15 is 0 Å². The van der Waals surface area contributed by atoms with Gasteiger partial charge in [-0.05, 0) is 30.5 Å². The molecule has 0 saturated heterocycles. The lowest BCUT2D eigenvalue weighted by atomic mass is 9.98. The molecule has 26 heavy (non-hydrogen) atoms. The molecule has 0 aliphatic carbocycles. The number of aromatic hydroxyl groups is 1. The first-order chi connectivity index (χ1) is 12.5. The first-order valence-corrected chi connectivity index (χ1v) is 9.08. The number of thiophene rings is 1. The Morgan fingerprint density at radius 2 is 1.88 bits per heavy atom. The van der Waals surface area contributed by atoms with Crippen LogP contribution in [0, 0.1) is 0 Å². The maximum atomic E-state index is 12.6. The number of fused-ring (bicyclic) bond motifs is 1. The summed E-state index contributed by atoms with van der Waals surface area (Å²) in [6.07, 6.45) is 0.597. The number of benzene rings is 2. The molecule has 0 bridgehead atoms. The topological polar surface area (TPSA) is 75.6 Å². The van der Waals surface area contributed by atoms with E-state index in [0.717, 1.165) is 11.1 Å². The van der Waals surface area contributed by atoms with Gasteiger partial charge in [-0.15, -0.1) is 11.3 Å². The molecule has 0 aliphatic heterocycles. The quantitative estimate of drug-likeness (QED) is 0.656. The molecule has 6 heteroatoms. The van der Waals surface area contributed by atoms with Crippen LogP contribution in [-0.4, -0.2) is 23.6 Å². The third-order valence-corrected chi connectivity index (χ3v) is 5.04. The molecule has 5 nitrogen and oxygen atoms in total. The van der Waals surface area contributed by atoms with Crippen molar-refractivity contribution in [3.05, 3.63) is 59.2 Å². The monoisotopic (exact) mass is 369 g/mol. The van der Waals surface area contributed by atoms with Crippen molar-refractivity contribution in [2.45, 2.75) is 20.3 Å². The van der Waals surface area contributed by atoms with Gasteiger partial charge in [0.25, 0.3) is 0 Å². The minimum Gasteiger partial charge on any atom is -0.506 e. The van der Waals surface area contributed by atoms with Crippen LogP contribution in [0.4, 0.5) is 5.00 Å². The summed E-state index contributed by atoms with van der Waals surface area (Å²) in [5, 5.41) is 14.0. The maximum absolute atomic E-state index is 12.6. The maximum Gasteiger partial charge on any atom is 0.341 e. The van der Waals surface area contributed by atoms with Crippen molar-refractivity contribution in [2.75, 3.05) is 11.9 Å². The Bertz CT molecular complexity index is 963. The predicted molar refractivity (Wildman–Crippen MR) is 103 cm³/mol. The Labute approximate surface area is 155 Å². The van der Waals surface area contributed by atoms with Crippen molar-refractivity contribution >= 4 is 38.3 Å². The summed E-state index contributed by atoms with van der Waals surface area (Å²) in [4.78, 5) is 24.2. The summed E-state index contributed by atoms with van der Waals surface area (Å²) in [7, 11) is 0. The minimum absolute atomic E-state index is 0.0731. The van der Waals surface area contributed by atoms with Crippen LogP contribution in [0.3, 0.4) is 0 Å². The number of esters is 1. The highest BCUT2D eigenvalue weighted by atomic mass is 32.1. The van der Waals surface area contributed by atoms with Gasteiger partial charge in [0.15, 0.2) is 0 Å². The summed E-state index contributed by atoms with van der Waals surface area (Å²) in [6, 6.07) is 13.3. The molecular weight excluding hydrogens is 350 g/mol. The number of ether oxygens (including phenoxy) is 1. The van der Waals surface area contributed by atoms with E-state index in [4.69, 9.17) is 4.74 Å². The predicted octanol–water partition coefficient (Wildman–Crippen LogP) is 4.33. The molecule has 1 heterocycles. The fraction of sp³-hybridized carbons (Fsp3) is 0.200. The molecule has 0 atom stereocenters. The molecule has 0 unspecified atom stereocenters. The second-order valence-corrected chi connectivity index (χ2v) is 6.84. The number of hydrogen-bond acceptors (Lipinski definition) is 5. The molecule has 0 saturated carbocycles. The van der Waals surface area contributed by atoms with E-state index in [1.54, 1.807) is 19.1 Å². The van der Waals surface area contributed by atoms with Crippen LogP contribution in [0.1, 0.15) is 35.3 Å². The SMILES string of the molecule is CCOC(=O)c1c(NC(C)=O)sc2c(O)ccc(Cc3ccccc3)c12. The van der Waals surface area contributed by atoms with Crippen molar-refractivity contribution in [3.8, 4) is 5.75 Å². The number of rotatable bonds is 5. The Morgan fingerprint density at radius 3 is 2.54 bits per heavy atom. The summed E-state index contributed by atoms with van der Waals surface area (Å²) in [6.45, 7) is 3.33. The summed E-state index contributed by atoms with van der Waals surface area (Å²) >= 11 is 1.17. The average molecular weight is 369 g/mol. The average Bonchev–Trinajstić information content (AvgIpc) is 2.98. The van der Waals surface area contributed by atoms with Crippen LogP contribution < -0.4 is 5.32 Å². The van der Waals surface area contributed by atoms with E-state index in [1.165, 1.54) is 18.3 Å².